The minimum Gasteiger partial charge on any atom is -0.399 e. The zero-order valence-corrected chi connectivity index (χ0v) is 19.3. The molecule has 1 fully saturated rings. The number of nitrogens with zero attached hydrogens (tertiary/aromatic N) is 5. The predicted octanol–water partition coefficient (Wildman–Crippen LogP) is 4.33. The van der Waals surface area contributed by atoms with Gasteiger partial charge in [0.25, 0.3) is 0 Å². The maximum Gasteiger partial charge on any atom is 0.416 e. The molecule has 1 aliphatic heterocycles. The number of nitrogens with one attached hydrogen (secondary N) is 1. The fourth-order valence-corrected chi connectivity index (χ4v) is 4.25. The van der Waals surface area contributed by atoms with Gasteiger partial charge in [0, 0.05) is 43.9 Å². The number of amides is 1. The van der Waals surface area contributed by atoms with Crippen LogP contribution in [0, 0.1) is 0 Å². The van der Waals surface area contributed by atoms with Crippen LogP contribution in [0.5, 0.6) is 0 Å². The molecule has 0 aliphatic carbocycles. The number of carbonyl (C=O) groups excluding carboxylic acids is 1. The molecule has 0 saturated carbocycles. The van der Waals surface area contributed by atoms with E-state index in [1.165, 1.54) is 6.07 Å². The van der Waals surface area contributed by atoms with Crippen molar-refractivity contribution in [2.75, 3.05) is 24.1 Å². The first kappa shape index (κ1) is 23.6. The van der Waals surface area contributed by atoms with E-state index in [1.54, 1.807) is 30.6 Å². The van der Waals surface area contributed by atoms with Crippen molar-refractivity contribution in [3.63, 3.8) is 0 Å². The highest BCUT2D eigenvalue weighted by Gasteiger charge is 2.30. The van der Waals surface area contributed by atoms with Crippen LogP contribution in [0.15, 0.2) is 54.9 Å². The van der Waals surface area contributed by atoms with Gasteiger partial charge in [-0.3, -0.25) is 4.79 Å². The minimum atomic E-state index is -4.42. The van der Waals surface area contributed by atoms with Crippen LogP contribution in [0.2, 0.25) is 0 Å². The highest BCUT2D eigenvalue weighted by Crippen LogP contribution is 2.30. The van der Waals surface area contributed by atoms with Crippen molar-refractivity contribution in [1.29, 1.82) is 0 Å². The summed E-state index contributed by atoms with van der Waals surface area (Å²) in [7, 11) is 0. The average molecular weight is 496 g/mol. The molecule has 0 unspecified atom stereocenters. The summed E-state index contributed by atoms with van der Waals surface area (Å²) < 4.78 is 41.3. The van der Waals surface area contributed by atoms with Gasteiger partial charge in [-0.2, -0.15) is 13.2 Å². The molecule has 3 heterocycles. The van der Waals surface area contributed by atoms with Crippen LogP contribution in [-0.4, -0.2) is 43.4 Å². The predicted molar refractivity (Wildman–Crippen MR) is 130 cm³/mol. The highest BCUT2D eigenvalue weighted by molar-refractivity contribution is 5.85. The van der Waals surface area contributed by atoms with Crippen molar-refractivity contribution < 1.29 is 18.0 Å². The number of imidazole rings is 1. The van der Waals surface area contributed by atoms with Crippen LogP contribution < -0.4 is 11.1 Å². The number of benzene rings is 2. The van der Waals surface area contributed by atoms with Gasteiger partial charge in [-0.1, -0.05) is 24.3 Å². The first-order valence-corrected chi connectivity index (χ1v) is 11.5. The van der Waals surface area contributed by atoms with Crippen molar-refractivity contribution >= 4 is 28.6 Å². The van der Waals surface area contributed by atoms with Crippen molar-refractivity contribution in [2.24, 2.45) is 0 Å². The summed E-state index contributed by atoms with van der Waals surface area (Å²) >= 11 is 0. The molecule has 2 aromatic heterocycles. The van der Waals surface area contributed by atoms with Gasteiger partial charge in [-0.15, -0.1) is 0 Å². The third-order valence-electron chi connectivity index (χ3n) is 6.11. The standard InChI is InChI=1S/C25H24F3N7O/c26-25(27,28)18-6-1-4-16(12-18)14-30-23-21-24(33-22(32-23)17-5-2-7-19(29)13-17)35(15-31-21)11-10-34-9-3-8-20(34)36/h1-2,4-7,12-13,15H,3,8-11,14,29H2,(H,30,32,33). The highest BCUT2D eigenvalue weighted by atomic mass is 19.4. The van der Waals surface area contributed by atoms with E-state index in [0.717, 1.165) is 25.1 Å². The van der Waals surface area contributed by atoms with E-state index in [4.69, 9.17) is 10.7 Å². The largest absolute Gasteiger partial charge is 0.416 e. The first-order chi connectivity index (χ1) is 17.3. The van der Waals surface area contributed by atoms with Gasteiger partial charge >= 0.3 is 6.18 Å². The van der Waals surface area contributed by atoms with E-state index in [1.807, 2.05) is 15.5 Å². The van der Waals surface area contributed by atoms with Gasteiger partial charge < -0.3 is 20.5 Å². The second-order valence-electron chi connectivity index (χ2n) is 8.67. The second kappa shape index (κ2) is 9.48. The molecule has 5 rings (SSSR count). The third kappa shape index (κ3) is 4.95. The lowest BCUT2D eigenvalue weighted by atomic mass is 10.1. The SMILES string of the molecule is Nc1cccc(-c2nc(NCc3cccc(C(F)(F)F)c3)c3ncn(CCN4CCCC4=O)c3n2)c1. The van der Waals surface area contributed by atoms with Crippen molar-refractivity contribution in [2.45, 2.75) is 32.1 Å². The number of halogens is 3. The lowest BCUT2D eigenvalue weighted by molar-refractivity contribution is -0.137. The summed E-state index contributed by atoms with van der Waals surface area (Å²) in [5, 5.41) is 3.13. The summed E-state index contributed by atoms with van der Waals surface area (Å²) in [6, 6.07) is 12.3. The van der Waals surface area contributed by atoms with E-state index in [-0.39, 0.29) is 12.5 Å². The molecule has 0 bridgehead atoms. The van der Waals surface area contributed by atoms with Crippen LogP contribution in [0.25, 0.3) is 22.6 Å². The summed E-state index contributed by atoms with van der Waals surface area (Å²) in [5.74, 6) is 0.934. The zero-order chi connectivity index (χ0) is 25.3. The Morgan fingerprint density at radius 2 is 1.89 bits per heavy atom. The smallest absolute Gasteiger partial charge is 0.399 e. The molecule has 36 heavy (non-hydrogen) atoms. The van der Waals surface area contributed by atoms with E-state index >= 15 is 0 Å². The number of anilines is 2. The number of fused-ring (bicyclic) bond motifs is 1. The normalized spacial score (nSPS) is 14.1. The van der Waals surface area contributed by atoms with Crippen LogP contribution >= 0.6 is 0 Å². The molecule has 3 N–H and O–H groups in total. The van der Waals surface area contributed by atoms with Crippen LogP contribution in [0.4, 0.5) is 24.7 Å². The maximum absolute atomic E-state index is 13.1. The van der Waals surface area contributed by atoms with Crippen LogP contribution in [-0.2, 0) is 24.1 Å². The number of rotatable bonds is 7. The van der Waals surface area contributed by atoms with Gasteiger partial charge in [-0.25, -0.2) is 15.0 Å². The number of aromatic nitrogens is 4. The fourth-order valence-electron chi connectivity index (χ4n) is 4.25. The second-order valence-corrected chi connectivity index (χ2v) is 8.67. The number of hydrogen-bond acceptors (Lipinski definition) is 6. The quantitative estimate of drug-likeness (QED) is 0.370. The average Bonchev–Trinajstić information content (AvgIpc) is 3.46. The third-order valence-corrected chi connectivity index (χ3v) is 6.11. The summed E-state index contributed by atoms with van der Waals surface area (Å²) in [4.78, 5) is 27.6. The Balaban J connectivity index is 1.48. The molecule has 1 amide bonds. The summed E-state index contributed by atoms with van der Waals surface area (Å²) in [6.45, 7) is 1.89. The van der Waals surface area contributed by atoms with Crippen LogP contribution in [0.3, 0.4) is 0 Å². The Morgan fingerprint density at radius 1 is 1.06 bits per heavy atom. The monoisotopic (exact) mass is 495 g/mol. The lowest BCUT2D eigenvalue weighted by Gasteiger charge is -2.16. The fraction of sp³-hybridized carbons (Fsp3) is 0.280. The lowest BCUT2D eigenvalue weighted by Crippen LogP contribution is -2.28. The van der Waals surface area contributed by atoms with E-state index < -0.39 is 11.7 Å². The number of alkyl halides is 3. The molecule has 8 nitrogen and oxygen atoms in total. The first-order valence-electron chi connectivity index (χ1n) is 11.5. The number of likely N-dealkylation sites (tertiary alicyclic amines) is 1. The van der Waals surface area contributed by atoms with E-state index in [0.29, 0.717) is 59.1 Å². The Bertz CT molecular complexity index is 1420. The number of hydrogen-bond donors (Lipinski definition) is 2. The van der Waals surface area contributed by atoms with E-state index in [9.17, 15) is 18.0 Å². The van der Waals surface area contributed by atoms with Gasteiger partial charge in [0.2, 0.25) is 5.91 Å². The Labute approximate surface area is 205 Å². The Kier molecular flexibility index (Phi) is 6.21. The van der Waals surface area contributed by atoms with Gasteiger partial charge in [-0.05, 0) is 36.2 Å². The zero-order valence-electron chi connectivity index (χ0n) is 19.3. The molecule has 0 atom stereocenters. The van der Waals surface area contributed by atoms with Crippen molar-refractivity contribution in [3.05, 3.63) is 66.0 Å². The van der Waals surface area contributed by atoms with Gasteiger partial charge in [0.1, 0.15) is 5.52 Å². The molecule has 1 saturated heterocycles. The molecule has 0 spiro atoms. The van der Waals surface area contributed by atoms with Crippen molar-refractivity contribution in [1.82, 2.24) is 24.4 Å². The minimum absolute atomic E-state index is 0.113. The topological polar surface area (TPSA) is 102 Å². The number of nitrogens with two attached hydrogens (primary N) is 1. The molecule has 186 valence electrons. The van der Waals surface area contributed by atoms with E-state index in [2.05, 4.69) is 15.3 Å². The molecular formula is C25H24F3N7O. The number of carbonyl (C=O) groups is 1. The van der Waals surface area contributed by atoms with Crippen LogP contribution in [0.1, 0.15) is 24.0 Å². The summed E-state index contributed by atoms with van der Waals surface area (Å²) in [6.07, 6.45) is -1.36. The van der Waals surface area contributed by atoms with Crippen molar-refractivity contribution in [3.8, 4) is 11.4 Å². The Morgan fingerprint density at radius 3 is 2.64 bits per heavy atom. The summed E-state index contributed by atoms with van der Waals surface area (Å²) in [5.41, 5.74) is 7.99. The maximum atomic E-state index is 13.1. The van der Waals surface area contributed by atoms with Gasteiger partial charge in [0.05, 0.1) is 11.9 Å². The number of nitrogen functional groups attached to an aromatic ring is 1. The molecule has 11 heteroatoms. The molecular weight excluding hydrogens is 471 g/mol. The molecule has 1 aliphatic rings. The van der Waals surface area contributed by atoms with Gasteiger partial charge in [0.15, 0.2) is 17.3 Å². The molecule has 2 aromatic carbocycles. The Hall–Kier alpha value is -4.15. The molecule has 0 radical (unpaired) electrons. The molecule has 4 aromatic rings.